The molecule has 0 saturated heterocycles. The number of hydrogen-bond acceptors (Lipinski definition) is 3. The van der Waals surface area contributed by atoms with Crippen LogP contribution in [-0.4, -0.2) is 17.7 Å². The summed E-state index contributed by atoms with van der Waals surface area (Å²) < 4.78 is 80.4. The number of aromatic hydroxyl groups is 1. The number of phenolic OH excluding ortho intramolecular Hbond substituents is 1. The van der Waals surface area contributed by atoms with E-state index in [1.807, 2.05) is 0 Å². The fourth-order valence-corrected chi connectivity index (χ4v) is 1.67. The Morgan fingerprint density at radius 2 is 1.57 bits per heavy atom. The van der Waals surface area contributed by atoms with E-state index in [0.717, 1.165) is 0 Å². The van der Waals surface area contributed by atoms with Crippen molar-refractivity contribution in [1.82, 2.24) is 0 Å². The van der Waals surface area contributed by atoms with E-state index in [1.165, 1.54) is 6.92 Å². The van der Waals surface area contributed by atoms with Crippen molar-refractivity contribution in [1.29, 1.82) is 0 Å². The number of halogens is 6. The summed E-state index contributed by atoms with van der Waals surface area (Å²) in [6.45, 7) is 1.23. The Balaban J connectivity index is 3.43. The van der Waals surface area contributed by atoms with Crippen molar-refractivity contribution < 1.29 is 41.0 Å². The van der Waals surface area contributed by atoms with Crippen molar-refractivity contribution in [2.45, 2.75) is 25.7 Å². The molecule has 0 unspecified atom stereocenters. The molecule has 3 nitrogen and oxygen atoms in total. The maximum Gasteiger partial charge on any atom is 0.419 e. The smallest absolute Gasteiger partial charge is 0.419 e. The van der Waals surface area contributed by atoms with Crippen LogP contribution in [0.1, 0.15) is 23.6 Å². The topological polar surface area (TPSA) is 46.5 Å². The Morgan fingerprint density at radius 1 is 1.10 bits per heavy atom. The second kappa shape index (κ2) is 5.82. The monoisotopic (exact) mass is 316 g/mol. The van der Waals surface area contributed by atoms with Crippen LogP contribution in [0, 0.1) is 0 Å². The van der Waals surface area contributed by atoms with E-state index < -0.39 is 47.2 Å². The molecule has 0 aromatic heterocycles. The van der Waals surface area contributed by atoms with Gasteiger partial charge < -0.3 is 9.84 Å². The highest BCUT2D eigenvalue weighted by Gasteiger charge is 2.40. The molecule has 0 saturated carbocycles. The Morgan fingerprint density at radius 3 is 2.00 bits per heavy atom. The third-order valence-corrected chi connectivity index (χ3v) is 2.52. The van der Waals surface area contributed by atoms with Crippen molar-refractivity contribution in [3.05, 3.63) is 28.8 Å². The van der Waals surface area contributed by atoms with Gasteiger partial charge in [-0.3, -0.25) is 4.79 Å². The average molecular weight is 316 g/mol. The van der Waals surface area contributed by atoms with Crippen LogP contribution in [0.5, 0.6) is 5.75 Å². The molecular formula is C12H10F6O3. The van der Waals surface area contributed by atoms with E-state index >= 15 is 0 Å². The molecule has 0 aliphatic carbocycles. The Hall–Kier alpha value is -1.93. The van der Waals surface area contributed by atoms with E-state index in [4.69, 9.17) is 0 Å². The highest BCUT2D eigenvalue weighted by Crippen LogP contribution is 2.43. The van der Waals surface area contributed by atoms with Gasteiger partial charge in [-0.05, 0) is 19.1 Å². The van der Waals surface area contributed by atoms with Gasteiger partial charge in [0, 0.05) is 5.56 Å². The molecule has 21 heavy (non-hydrogen) atoms. The molecule has 0 bridgehead atoms. The first kappa shape index (κ1) is 17.1. The van der Waals surface area contributed by atoms with Crippen molar-refractivity contribution in [2.75, 3.05) is 6.61 Å². The van der Waals surface area contributed by atoms with Crippen molar-refractivity contribution in [2.24, 2.45) is 0 Å². The normalized spacial score (nSPS) is 12.3. The molecule has 118 valence electrons. The molecule has 0 aliphatic rings. The van der Waals surface area contributed by atoms with Gasteiger partial charge in [0.25, 0.3) is 0 Å². The van der Waals surface area contributed by atoms with Crippen LogP contribution >= 0.6 is 0 Å². The lowest BCUT2D eigenvalue weighted by Crippen LogP contribution is -2.17. The molecule has 0 radical (unpaired) electrons. The lowest BCUT2D eigenvalue weighted by Gasteiger charge is -2.17. The van der Waals surface area contributed by atoms with Crippen molar-refractivity contribution in [3.8, 4) is 5.75 Å². The average Bonchev–Trinajstić information content (AvgIpc) is 2.28. The zero-order valence-electron chi connectivity index (χ0n) is 10.6. The summed E-state index contributed by atoms with van der Waals surface area (Å²) in [6.07, 6.45) is -11.2. The zero-order valence-corrected chi connectivity index (χ0v) is 10.6. The molecular weight excluding hydrogens is 306 g/mol. The van der Waals surface area contributed by atoms with Gasteiger partial charge in [0.05, 0.1) is 24.2 Å². The number of ether oxygens (including phenoxy) is 1. The molecule has 1 aromatic carbocycles. The van der Waals surface area contributed by atoms with Gasteiger partial charge in [-0.1, -0.05) is 0 Å². The third kappa shape index (κ3) is 4.02. The predicted octanol–water partition coefficient (Wildman–Crippen LogP) is 3.54. The molecule has 0 aliphatic heterocycles. The number of carbonyl (C=O) groups excluding carboxylic acids is 1. The molecule has 1 aromatic rings. The molecule has 9 heteroatoms. The SMILES string of the molecule is CCOC(=O)Cc1c(C(F)(F)F)ccc(C(F)(F)F)c1O. The molecule has 0 fully saturated rings. The second-order valence-corrected chi connectivity index (χ2v) is 3.97. The maximum absolute atomic E-state index is 12.7. The minimum Gasteiger partial charge on any atom is -0.507 e. The van der Waals surface area contributed by atoms with Gasteiger partial charge in [-0.2, -0.15) is 26.3 Å². The number of benzene rings is 1. The van der Waals surface area contributed by atoms with Gasteiger partial charge in [0.15, 0.2) is 0 Å². The number of carbonyl (C=O) groups is 1. The van der Waals surface area contributed by atoms with Gasteiger partial charge in [0.2, 0.25) is 0 Å². The summed E-state index contributed by atoms with van der Waals surface area (Å²) in [5.74, 6) is -2.79. The van der Waals surface area contributed by atoms with Crippen LogP contribution in [0.15, 0.2) is 12.1 Å². The van der Waals surface area contributed by atoms with E-state index in [2.05, 4.69) is 4.74 Å². The first-order valence-corrected chi connectivity index (χ1v) is 5.63. The van der Waals surface area contributed by atoms with Crippen molar-refractivity contribution >= 4 is 5.97 Å². The number of phenols is 1. The zero-order chi connectivity index (χ0) is 16.4. The first-order valence-electron chi connectivity index (χ1n) is 5.63. The highest BCUT2D eigenvalue weighted by atomic mass is 19.4. The summed E-state index contributed by atoms with van der Waals surface area (Å²) in [4.78, 5) is 11.2. The second-order valence-electron chi connectivity index (χ2n) is 3.97. The molecule has 1 N–H and O–H groups in total. The summed E-state index contributed by atoms with van der Waals surface area (Å²) in [5.41, 5.74) is -4.31. The number of alkyl halides is 6. The third-order valence-electron chi connectivity index (χ3n) is 2.52. The summed E-state index contributed by atoms with van der Waals surface area (Å²) in [7, 11) is 0. The largest absolute Gasteiger partial charge is 0.507 e. The van der Waals surface area contributed by atoms with Crippen LogP contribution in [0.3, 0.4) is 0 Å². The summed E-state index contributed by atoms with van der Waals surface area (Å²) in [5, 5.41) is 9.46. The van der Waals surface area contributed by atoms with Crippen molar-refractivity contribution in [3.63, 3.8) is 0 Å². The van der Waals surface area contributed by atoms with Gasteiger partial charge in [-0.25, -0.2) is 0 Å². The van der Waals surface area contributed by atoms with E-state index in [0.29, 0.717) is 0 Å². The maximum atomic E-state index is 12.7. The molecule has 0 spiro atoms. The number of esters is 1. The van der Waals surface area contributed by atoms with Gasteiger partial charge in [-0.15, -0.1) is 0 Å². The summed E-state index contributed by atoms with van der Waals surface area (Å²) in [6, 6.07) is 0.296. The van der Waals surface area contributed by atoms with E-state index in [1.54, 1.807) is 0 Å². The minimum absolute atomic E-state index is 0.118. The lowest BCUT2D eigenvalue weighted by molar-refractivity contribution is -0.145. The number of rotatable bonds is 3. The van der Waals surface area contributed by atoms with E-state index in [-0.39, 0.29) is 18.7 Å². The fourth-order valence-electron chi connectivity index (χ4n) is 1.67. The van der Waals surface area contributed by atoms with Crippen LogP contribution in [0.4, 0.5) is 26.3 Å². The Labute approximate surface area is 115 Å². The predicted molar refractivity (Wildman–Crippen MR) is 58.4 cm³/mol. The first-order chi connectivity index (χ1) is 9.48. The summed E-state index contributed by atoms with van der Waals surface area (Å²) >= 11 is 0. The van der Waals surface area contributed by atoms with Gasteiger partial charge >= 0.3 is 18.3 Å². The number of hydrogen-bond donors (Lipinski definition) is 1. The van der Waals surface area contributed by atoms with Crippen LogP contribution < -0.4 is 0 Å². The van der Waals surface area contributed by atoms with E-state index in [9.17, 15) is 36.2 Å². The van der Waals surface area contributed by atoms with Crippen LogP contribution in [0.2, 0.25) is 0 Å². The van der Waals surface area contributed by atoms with Crippen LogP contribution in [0.25, 0.3) is 0 Å². The standard InChI is InChI=1S/C12H10F6O3/c1-2-21-9(19)5-6-7(11(13,14)15)3-4-8(10(6)20)12(16,17)18/h3-4,20H,2,5H2,1H3. The minimum atomic E-state index is -5.04. The molecule has 0 atom stereocenters. The lowest BCUT2D eigenvalue weighted by atomic mass is 9.98. The molecule has 1 rings (SSSR count). The fraction of sp³-hybridized carbons (Fsp3) is 0.417. The Bertz CT molecular complexity index is 533. The molecule has 0 heterocycles. The molecule has 0 amide bonds. The highest BCUT2D eigenvalue weighted by molar-refractivity contribution is 5.74. The quantitative estimate of drug-likeness (QED) is 0.685. The Kier molecular flexibility index (Phi) is 4.75. The van der Waals surface area contributed by atoms with Crippen LogP contribution in [-0.2, 0) is 28.3 Å². The van der Waals surface area contributed by atoms with Gasteiger partial charge in [0.1, 0.15) is 5.75 Å².